The van der Waals surface area contributed by atoms with Gasteiger partial charge in [0.15, 0.2) is 6.54 Å². The normalized spacial score (nSPS) is 19.3. The molecule has 1 saturated heterocycles. The molecule has 0 unspecified atom stereocenters. The second-order valence-corrected chi connectivity index (χ2v) is 8.09. The zero-order valence-corrected chi connectivity index (χ0v) is 17.5. The van der Waals surface area contributed by atoms with Crippen molar-refractivity contribution in [3.05, 3.63) is 58.7 Å². The van der Waals surface area contributed by atoms with Crippen LogP contribution in [-0.2, 0) is 11.3 Å². The minimum Gasteiger partial charge on any atom is -0.496 e. The number of nitrogens with one attached hydrogen (secondary N) is 3. The van der Waals surface area contributed by atoms with Gasteiger partial charge in [0.2, 0.25) is 0 Å². The maximum absolute atomic E-state index is 12.4. The first-order chi connectivity index (χ1) is 13.4. The Kier molecular flexibility index (Phi) is 6.70. The molecule has 3 N–H and O–H groups in total. The minimum atomic E-state index is 0.101. The summed E-state index contributed by atoms with van der Waals surface area (Å²) in [5.41, 5.74) is 5.78. The molecule has 0 aliphatic carbocycles. The molecule has 150 valence electrons. The number of carbonyl (C=O) groups is 1. The second kappa shape index (κ2) is 9.22. The molecule has 0 radical (unpaired) electrons. The molecule has 0 saturated carbocycles. The number of amides is 1. The predicted molar refractivity (Wildman–Crippen MR) is 112 cm³/mol. The number of quaternary nitrogens is 2. The van der Waals surface area contributed by atoms with E-state index in [2.05, 4.69) is 50.4 Å². The van der Waals surface area contributed by atoms with Gasteiger partial charge in [-0.1, -0.05) is 17.7 Å². The smallest absolute Gasteiger partial charge is 0.279 e. The zero-order valence-electron chi connectivity index (χ0n) is 17.5. The highest BCUT2D eigenvalue weighted by molar-refractivity contribution is 5.91. The Hall–Kier alpha value is -2.37. The van der Waals surface area contributed by atoms with E-state index in [0.717, 1.165) is 44.2 Å². The maximum Gasteiger partial charge on any atom is 0.279 e. The van der Waals surface area contributed by atoms with Crippen molar-refractivity contribution in [1.82, 2.24) is 0 Å². The van der Waals surface area contributed by atoms with E-state index in [1.165, 1.54) is 27.2 Å². The standard InChI is InChI=1S/C23H31N3O2/c1-17-5-6-22(28-4)20(12-17)15-25-7-9-26(10-8-25)16-23(27)24-21-13-18(2)11-19(3)14-21/h5-6,11-14H,7-10,15-16H2,1-4H3,(H,24,27)/p+2. The molecule has 5 nitrogen and oxygen atoms in total. The van der Waals surface area contributed by atoms with Gasteiger partial charge in [-0.05, 0) is 56.2 Å². The topological polar surface area (TPSA) is 47.2 Å². The van der Waals surface area contributed by atoms with Crippen LogP contribution in [-0.4, -0.2) is 45.7 Å². The third-order valence-electron chi connectivity index (χ3n) is 5.46. The third-order valence-corrected chi connectivity index (χ3v) is 5.46. The second-order valence-electron chi connectivity index (χ2n) is 8.09. The summed E-state index contributed by atoms with van der Waals surface area (Å²) in [6, 6.07) is 12.5. The fourth-order valence-electron chi connectivity index (χ4n) is 4.10. The average Bonchev–Trinajstić information content (AvgIpc) is 2.62. The minimum absolute atomic E-state index is 0.101. The van der Waals surface area contributed by atoms with Crippen molar-refractivity contribution >= 4 is 11.6 Å². The van der Waals surface area contributed by atoms with E-state index in [9.17, 15) is 4.79 Å². The molecule has 0 spiro atoms. The Morgan fingerprint density at radius 2 is 1.57 bits per heavy atom. The number of piperazine rings is 1. The van der Waals surface area contributed by atoms with Crippen LogP contribution in [0.25, 0.3) is 0 Å². The summed E-state index contributed by atoms with van der Waals surface area (Å²) in [5.74, 6) is 1.07. The first-order valence-corrected chi connectivity index (χ1v) is 10.1. The van der Waals surface area contributed by atoms with E-state index in [4.69, 9.17) is 4.74 Å². The molecule has 0 bridgehead atoms. The van der Waals surface area contributed by atoms with Crippen LogP contribution in [0.15, 0.2) is 36.4 Å². The van der Waals surface area contributed by atoms with Crippen LogP contribution in [0.2, 0.25) is 0 Å². The predicted octanol–water partition coefficient (Wildman–Crippen LogP) is 0.543. The van der Waals surface area contributed by atoms with Crippen molar-refractivity contribution in [3.63, 3.8) is 0 Å². The Labute approximate surface area is 168 Å². The van der Waals surface area contributed by atoms with Crippen molar-refractivity contribution in [2.75, 3.05) is 45.2 Å². The van der Waals surface area contributed by atoms with Crippen molar-refractivity contribution in [2.24, 2.45) is 0 Å². The van der Waals surface area contributed by atoms with Gasteiger partial charge >= 0.3 is 0 Å². The van der Waals surface area contributed by atoms with Gasteiger partial charge in [-0.25, -0.2) is 0 Å². The maximum atomic E-state index is 12.4. The highest BCUT2D eigenvalue weighted by Crippen LogP contribution is 2.18. The summed E-state index contributed by atoms with van der Waals surface area (Å²) in [5, 5.41) is 3.06. The lowest BCUT2D eigenvalue weighted by atomic mass is 10.1. The van der Waals surface area contributed by atoms with Crippen LogP contribution in [0.4, 0.5) is 5.69 Å². The molecule has 2 aromatic carbocycles. The number of aryl methyl sites for hydroxylation is 3. The molecule has 1 heterocycles. The first-order valence-electron chi connectivity index (χ1n) is 10.1. The largest absolute Gasteiger partial charge is 0.496 e. The van der Waals surface area contributed by atoms with Crippen LogP contribution in [0.5, 0.6) is 5.75 Å². The van der Waals surface area contributed by atoms with Gasteiger partial charge in [0.1, 0.15) is 38.5 Å². The molecule has 2 aromatic rings. The van der Waals surface area contributed by atoms with Crippen molar-refractivity contribution in [1.29, 1.82) is 0 Å². The Balaban J connectivity index is 1.49. The van der Waals surface area contributed by atoms with Crippen LogP contribution in [0.3, 0.4) is 0 Å². The molecule has 0 aromatic heterocycles. The van der Waals surface area contributed by atoms with Crippen LogP contribution in [0, 0.1) is 20.8 Å². The molecule has 5 heteroatoms. The Morgan fingerprint density at radius 1 is 0.929 bits per heavy atom. The summed E-state index contributed by atoms with van der Waals surface area (Å²) < 4.78 is 5.52. The number of anilines is 1. The van der Waals surface area contributed by atoms with E-state index < -0.39 is 0 Å². The fraction of sp³-hybridized carbons (Fsp3) is 0.435. The van der Waals surface area contributed by atoms with E-state index in [0.29, 0.717) is 6.54 Å². The van der Waals surface area contributed by atoms with E-state index >= 15 is 0 Å². The summed E-state index contributed by atoms with van der Waals surface area (Å²) in [7, 11) is 1.74. The molecule has 28 heavy (non-hydrogen) atoms. The summed E-state index contributed by atoms with van der Waals surface area (Å²) >= 11 is 0. The lowest BCUT2D eigenvalue weighted by molar-refractivity contribution is -1.02. The quantitative estimate of drug-likeness (QED) is 0.682. The fourth-order valence-corrected chi connectivity index (χ4v) is 4.10. The highest BCUT2D eigenvalue weighted by Gasteiger charge is 2.25. The summed E-state index contributed by atoms with van der Waals surface area (Å²) in [6.07, 6.45) is 0. The molecular formula is C23H33N3O2+2. The third kappa shape index (κ3) is 5.57. The number of methoxy groups -OCH3 is 1. The van der Waals surface area contributed by atoms with Crippen molar-refractivity contribution < 1.29 is 19.3 Å². The lowest BCUT2D eigenvalue weighted by Gasteiger charge is -2.29. The highest BCUT2D eigenvalue weighted by atomic mass is 16.5. The average molecular weight is 384 g/mol. The number of hydrogen-bond donors (Lipinski definition) is 3. The van der Waals surface area contributed by atoms with E-state index in [-0.39, 0.29) is 5.91 Å². The monoisotopic (exact) mass is 383 g/mol. The summed E-state index contributed by atoms with van der Waals surface area (Å²) in [6.45, 7) is 11.9. The van der Waals surface area contributed by atoms with Gasteiger partial charge in [0.25, 0.3) is 5.91 Å². The van der Waals surface area contributed by atoms with Gasteiger partial charge < -0.3 is 19.9 Å². The lowest BCUT2D eigenvalue weighted by Crippen LogP contribution is -3.28. The molecule has 1 amide bonds. The number of carbonyl (C=O) groups excluding carboxylic acids is 1. The number of rotatable bonds is 6. The number of ether oxygens (including phenoxy) is 1. The first kappa shape index (κ1) is 20.4. The zero-order chi connectivity index (χ0) is 20.1. The molecule has 0 atom stereocenters. The SMILES string of the molecule is COc1ccc(C)cc1C[NH+]1CC[NH+](CC(=O)Nc2cc(C)cc(C)c2)CC1. The number of hydrogen-bond acceptors (Lipinski definition) is 2. The van der Waals surface area contributed by atoms with Crippen LogP contribution < -0.4 is 19.9 Å². The molecular weight excluding hydrogens is 350 g/mol. The van der Waals surface area contributed by atoms with Gasteiger partial charge in [-0.2, -0.15) is 0 Å². The van der Waals surface area contributed by atoms with Crippen LogP contribution in [0.1, 0.15) is 22.3 Å². The molecule has 1 aliphatic rings. The van der Waals surface area contributed by atoms with Gasteiger partial charge in [-0.15, -0.1) is 0 Å². The van der Waals surface area contributed by atoms with Gasteiger partial charge in [0, 0.05) is 11.3 Å². The van der Waals surface area contributed by atoms with Crippen molar-refractivity contribution in [3.8, 4) is 5.75 Å². The Morgan fingerprint density at radius 3 is 2.21 bits per heavy atom. The molecule has 1 aliphatic heterocycles. The number of benzene rings is 2. The summed E-state index contributed by atoms with van der Waals surface area (Å²) in [4.78, 5) is 15.4. The van der Waals surface area contributed by atoms with E-state index in [1.807, 2.05) is 12.1 Å². The van der Waals surface area contributed by atoms with Crippen molar-refractivity contribution in [2.45, 2.75) is 27.3 Å². The Bertz CT molecular complexity index is 806. The van der Waals surface area contributed by atoms with E-state index in [1.54, 1.807) is 12.0 Å². The van der Waals surface area contributed by atoms with Crippen LogP contribution >= 0.6 is 0 Å². The molecule has 1 fully saturated rings. The van der Waals surface area contributed by atoms with Gasteiger partial charge in [0.05, 0.1) is 7.11 Å². The van der Waals surface area contributed by atoms with Gasteiger partial charge in [-0.3, -0.25) is 4.79 Å². The molecule has 3 rings (SSSR count).